The van der Waals surface area contributed by atoms with E-state index in [-0.39, 0.29) is 28.0 Å². The Labute approximate surface area is 337 Å². The molecule has 4 amide bonds. The van der Waals surface area contributed by atoms with E-state index in [4.69, 9.17) is 21.1 Å². The fourth-order valence-corrected chi connectivity index (χ4v) is 6.81. The van der Waals surface area contributed by atoms with Gasteiger partial charge in [-0.1, -0.05) is 123 Å². The van der Waals surface area contributed by atoms with Crippen molar-refractivity contribution in [3.05, 3.63) is 88.4 Å². The molecule has 302 valence electrons. The Hall–Kier alpha value is -4.54. The van der Waals surface area contributed by atoms with Crippen molar-refractivity contribution in [2.75, 3.05) is 17.7 Å². The van der Waals surface area contributed by atoms with Crippen LogP contribution in [-0.4, -0.2) is 59.7 Å². The molecule has 4 rings (SSSR count). The summed E-state index contributed by atoms with van der Waals surface area (Å²) in [6, 6.07) is 18.1. The van der Waals surface area contributed by atoms with Crippen LogP contribution in [0.1, 0.15) is 105 Å². The van der Waals surface area contributed by atoms with Gasteiger partial charge >= 0.3 is 0 Å². The molecular weight excluding hydrogens is 730 g/mol. The second kappa shape index (κ2) is 17.7. The van der Waals surface area contributed by atoms with Gasteiger partial charge in [-0.3, -0.25) is 28.9 Å². The fourth-order valence-electron chi connectivity index (χ4n) is 6.65. The van der Waals surface area contributed by atoms with Gasteiger partial charge in [-0.15, -0.1) is 0 Å². The molecular formula is C45H58ClN3O7. The smallest absolute Gasteiger partial charge is 0.265 e. The predicted octanol–water partition coefficient (Wildman–Crippen LogP) is 8.68. The molecule has 0 saturated carbocycles. The van der Waals surface area contributed by atoms with Gasteiger partial charge in [-0.25, -0.2) is 0 Å². The summed E-state index contributed by atoms with van der Waals surface area (Å²) in [4.78, 5) is 70.3. The summed E-state index contributed by atoms with van der Waals surface area (Å²) in [5, 5.41) is 5.66. The van der Waals surface area contributed by atoms with E-state index in [0.717, 1.165) is 28.9 Å². The second-order valence-corrected chi connectivity index (χ2v) is 17.3. The van der Waals surface area contributed by atoms with E-state index in [1.165, 1.54) is 24.8 Å². The summed E-state index contributed by atoms with van der Waals surface area (Å²) in [5.41, 5.74) is 2.04. The van der Waals surface area contributed by atoms with Crippen LogP contribution < -0.4 is 15.4 Å². The lowest BCUT2D eigenvalue weighted by atomic mass is 9.76. The SMILES string of the molecule is CCC(Oc1ccc(C(C)(C)CC)cc1C(C)(C)CC)C(=O)Nc1ccc(Cl)c(NC(=O)C(C(=O)C(C)(C)C)N2C(=O)C(Cc3ccccc3)C(OC)C2=O)c1. The number of amides is 4. The Morgan fingerprint density at radius 1 is 0.804 bits per heavy atom. The first-order valence-electron chi connectivity index (χ1n) is 19.4. The molecule has 0 spiro atoms. The number of carbonyl (C=O) groups is 5. The minimum absolute atomic E-state index is 0.0307. The lowest BCUT2D eigenvalue weighted by Gasteiger charge is -2.31. The molecule has 2 N–H and O–H groups in total. The highest BCUT2D eigenvalue weighted by atomic mass is 35.5. The largest absolute Gasteiger partial charge is 0.480 e. The third-order valence-corrected chi connectivity index (χ3v) is 11.5. The van der Waals surface area contributed by atoms with E-state index in [1.54, 1.807) is 26.8 Å². The van der Waals surface area contributed by atoms with E-state index in [1.807, 2.05) is 43.3 Å². The first-order valence-corrected chi connectivity index (χ1v) is 19.8. The van der Waals surface area contributed by atoms with Crippen molar-refractivity contribution < 1.29 is 33.4 Å². The minimum atomic E-state index is -1.81. The van der Waals surface area contributed by atoms with Crippen LogP contribution >= 0.6 is 11.6 Å². The number of Topliss-reactive ketones (excluding diaryl/α,β-unsaturated/α-hetero) is 1. The molecule has 0 radical (unpaired) electrons. The molecule has 11 heteroatoms. The zero-order valence-electron chi connectivity index (χ0n) is 34.7. The molecule has 0 aromatic heterocycles. The maximum atomic E-state index is 14.1. The Morgan fingerprint density at radius 3 is 2.02 bits per heavy atom. The van der Waals surface area contributed by atoms with Crippen molar-refractivity contribution in [3.8, 4) is 5.75 Å². The molecule has 56 heavy (non-hydrogen) atoms. The Morgan fingerprint density at radius 2 is 1.45 bits per heavy atom. The first kappa shape index (κ1) is 44.2. The van der Waals surface area contributed by atoms with Crippen molar-refractivity contribution in [1.29, 1.82) is 0 Å². The number of imide groups is 1. The number of likely N-dealkylation sites (tertiary alicyclic amines) is 1. The highest BCUT2D eigenvalue weighted by Gasteiger charge is 2.55. The van der Waals surface area contributed by atoms with Gasteiger partial charge in [0.15, 0.2) is 17.9 Å². The van der Waals surface area contributed by atoms with Crippen molar-refractivity contribution in [3.63, 3.8) is 0 Å². The van der Waals surface area contributed by atoms with Crippen LogP contribution in [0.25, 0.3) is 0 Å². The monoisotopic (exact) mass is 787 g/mol. The number of halogens is 1. The van der Waals surface area contributed by atoms with Gasteiger partial charge in [0.25, 0.3) is 17.7 Å². The summed E-state index contributed by atoms with van der Waals surface area (Å²) in [6.45, 7) is 19.7. The van der Waals surface area contributed by atoms with Crippen LogP contribution in [0.5, 0.6) is 5.75 Å². The molecule has 1 saturated heterocycles. The summed E-state index contributed by atoms with van der Waals surface area (Å²) < 4.78 is 11.9. The molecule has 0 aliphatic carbocycles. The molecule has 4 atom stereocenters. The summed E-state index contributed by atoms with van der Waals surface area (Å²) in [6.07, 6.45) is 0.346. The topological polar surface area (TPSA) is 131 Å². The van der Waals surface area contributed by atoms with E-state index >= 15 is 0 Å². The van der Waals surface area contributed by atoms with E-state index in [2.05, 4.69) is 64.3 Å². The standard InChI is InChI=1S/C45H58ClN3O7/c1-12-34(56-35-23-20-28(44(7,8)13-2)25-31(35)45(9,10)14-3)39(51)47-29-21-22-32(46)33(26-29)48-40(52)36(38(50)43(4,5)6)49-41(53)30(37(55-11)42(49)54)24-27-18-16-15-17-19-27/h15-23,25-26,30,34,36-37H,12-14,24H2,1-11H3,(H,47,51)(H,48,52). The van der Waals surface area contributed by atoms with Gasteiger partial charge in [0.1, 0.15) is 11.9 Å². The van der Waals surface area contributed by atoms with Crippen LogP contribution in [0.2, 0.25) is 5.02 Å². The number of ketones is 1. The molecule has 1 aliphatic heterocycles. The highest BCUT2D eigenvalue weighted by molar-refractivity contribution is 6.34. The lowest BCUT2D eigenvalue weighted by Crippen LogP contribution is -2.55. The number of hydrogen-bond donors (Lipinski definition) is 2. The van der Waals surface area contributed by atoms with Gasteiger partial charge in [0.2, 0.25) is 5.91 Å². The highest BCUT2D eigenvalue weighted by Crippen LogP contribution is 2.39. The van der Waals surface area contributed by atoms with Gasteiger partial charge in [0.05, 0.1) is 16.6 Å². The van der Waals surface area contributed by atoms with Crippen LogP contribution in [0.3, 0.4) is 0 Å². The summed E-state index contributed by atoms with van der Waals surface area (Å²) in [5.74, 6) is -3.75. The van der Waals surface area contributed by atoms with Gasteiger partial charge in [-0.2, -0.15) is 0 Å². The van der Waals surface area contributed by atoms with Crippen molar-refractivity contribution in [2.24, 2.45) is 11.3 Å². The van der Waals surface area contributed by atoms with Gasteiger partial charge < -0.3 is 20.1 Å². The molecule has 4 unspecified atom stereocenters. The maximum Gasteiger partial charge on any atom is 0.265 e. The third-order valence-electron chi connectivity index (χ3n) is 11.1. The molecule has 3 aromatic carbocycles. The number of rotatable bonds is 16. The number of anilines is 2. The fraction of sp³-hybridized carbons (Fsp3) is 0.489. The number of nitrogens with zero attached hydrogens (tertiary/aromatic N) is 1. The Balaban J connectivity index is 1.60. The van der Waals surface area contributed by atoms with Crippen LogP contribution in [0.15, 0.2) is 66.7 Å². The van der Waals surface area contributed by atoms with Crippen molar-refractivity contribution >= 4 is 52.4 Å². The van der Waals surface area contributed by atoms with E-state index in [9.17, 15) is 24.0 Å². The number of methoxy groups -OCH3 is 1. The number of carbonyl (C=O) groups excluding carboxylic acids is 5. The van der Waals surface area contributed by atoms with Crippen molar-refractivity contribution in [2.45, 2.75) is 124 Å². The molecule has 1 fully saturated rings. The van der Waals surface area contributed by atoms with E-state index < -0.39 is 59.0 Å². The van der Waals surface area contributed by atoms with Crippen LogP contribution in [0, 0.1) is 11.3 Å². The number of nitrogens with one attached hydrogen (secondary N) is 2. The Kier molecular flexibility index (Phi) is 14.0. The predicted molar refractivity (Wildman–Crippen MR) is 221 cm³/mol. The molecule has 0 bridgehead atoms. The molecule has 1 aliphatic rings. The second-order valence-electron chi connectivity index (χ2n) is 16.9. The van der Waals surface area contributed by atoms with Gasteiger partial charge in [-0.05, 0) is 71.9 Å². The number of benzene rings is 3. The average molecular weight is 788 g/mol. The van der Waals surface area contributed by atoms with Crippen molar-refractivity contribution in [1.82, 2.24) is 4.90 Å². The quantitative estimate of drug-likeness (QED) is 0.110. The summed E-state index contributed by atoms with van der Waals surface area (Å²) >= 11 is 6.55. The molecule has 10 nitrogen and oxygen atoms in total. The zero-order valence-corrected chi connectivity index (χ0v) is 35.4. The third kappa shape index (κ3) is 9.69. The maximum absolute atomic E-state index is 14.1. The Bertz CT molecular complexity index is 1940. The summed E-state index contributed by atoms with van der Waals surface area (Å²) in [7, 11) is 1.32. The first-order chi connectivity index (χ1) is 26.2. The number of hydrogen-bond acceptors (Lipinski definition) is 7. The zero-order chi connectivity index (χ0) is 41.7. The normalized spacial score (nSPS) is 17.4. The van der Waals surface area contributed by atoms with Crippen LogP contribution in [0.4, 0.5) is 11.4 Å². The van der Waals surface area contributed by atoms with Gasteiger partial charge in [0, 0.05) is 23.8 Å². The van der Waals surface area contributed by atoms with E-state index in [0.29, 0.717) is 17.9 Å². The average Bonchev–Trinajstić information content (AvgIpc) is 3.38. The minimum Gasteiger partial charge on any atom is -0.480 e. The lowest BCUT2D eigenvalue weighted by molar-refractivity contribution is -0.154. The number of ether oxygens (including phenoxy) is 2. The molecule has 3 aromatic rings. The molecule has 1 heterocycles. The van der Waals surface area contributed by atoms with Crippen LogP contribution in [-0.2, 0) is 46.0 Å².